The summed E-state index contributed by atoms with van der Waals surface area (Å²) >= 11 is 0. The first-order chi connectivity index (χ1) is 9.74. The molecule has 1 amide bonds. The van der Waals surface area contributed by atoms with E-state index in [1.165, 1.54) is 11.3 Å². The van der Waals surface area contributed by atoms with Crippen molar-refractivity contribution in [2.75, 3.05) is 13.1 Å². The zero-order chi connectivity index (χ0) is 13.9. The molecule has 1 aliphatic heterocycles. The summed E-state index contributed by atoms with van der Waals surface area (Å²) in [5.74, 6) is 0.530. The number of piperidine rings is 1. The van der Waals surface area contributed by atoms with E-state index in [-0.39, 0.29) is 5.91 Å². The van der Waals surface area contributed by atoms with Crippen LogP contribution in [0.4, 0.5) is 0 Å². The fourth-order valence-corrected chi connectivity index (χ4v) is 2.85. The summed E-state index contributed by atoms with van der Waals surface area (Å²) in [4.78, 5) is 18.2. The van der Waals surface area contributed by atoms with E-state index in [0.717, 1.165) is 25.9 Å². The molecular formula is C14H19N5O. The number of aromatic amines is 1. The van der Waals surface area contributed by atoms with E-state index in [0.29, 0.717) is 12.5 Å². The summed E-state index contributed by atoms with van der Waals surface area (Å²) in [6, 6.07) is 0. The fourth-order valence-electron chi connectivity index (χ4n) is 2.85. The van der Waals surface area contributed by atoms with Crippen LogP contribution in [0.1, 0.15) is 30.0 Å². The summed E-state index contributed by atoms with van der Waals surface area (Å²) in [6.45, 7) is 4.05. The Bertz CT molecular complexity index is 574. The molecule has 0 bridgehead atoms. The van der Waals surface area contributed by atoms with Crippen LogP contribution < -0.4 is 0 Å². The zero-order valence-corrected chi connectivity index (χ0v) is 11.6. The van der Waals surface area contributed by atoms with Crippen molar-refractivity contribution in [3.63, 3.8) is 0 Å². The van der Waals surface area contributed by atoms with Crippen molar-refractivity contribution in [2.24, 2.45) is 0 Å². The fraction of sp³-hybridized carbons (Fsp3) is 0.500. The first-order valence-electron chi connectivity index (χ1n) is 6.97. The molecule has 106 valence electrons. The average molecular weight is 273 g/mol. The number of likely N-dealkylation sites (tertiary alicyclic amines) is 1. The molecular weight excluding hydrogens is 254 g/mol. The maximum atomic E-state index is 12.3. The van der Waals surface area contributed by atoms with Crippen molar-refractivity contribution in [2.45, 2.75) is 32.2 Å². The van der Waals surface area contributed by atoms with Crippen molar-refractivity contribution in [1.29, 1.82) is 0 Å². The van der Waals surface area contributed by atoms with Gasteiger partial charge in [0.05, 0.1) is 12.5 Å². The quantitative estimate of drug-likeness (QED) is 0.917. The summed E-state index contributed by atoms with van der Waals surface area (Å²) in [6.07, 6.45) is 9.19. The molecule has 0 radical (unpaired) electrons. The predicted octanol–water partition coefficient (Wildman–Crippen LogP) is 1.32. The number of hydrogen-bond donors (Lipinski definition) is 1. The highest BCUT2D eigenvalue weighted by Crippen LogP contribution is 2.27. The van der Waals surface area contributed by atoms with Gasteiger partial charge in [0, 0.05) is 37.1 Å². The number of aryl methyl sites for hydroxylation is 1. The maximum Gasteiger partial charge on any atom is 0.242 e. The minimum absolute atomic E-state index is 0.157. The van der Waals surface area contributed by atoms with Gasteiger partial charge in [-0.2, -0.15) is 5.10 Å². The lowest BCUT2D eigenvalue weighted by molar-refractivity contribution is -0.133. The van der Waals surface area contributed by atoms with Crippen LogP contribution in [0.25, 0.3) is 0 Å². The van der Waals surface area contributed by atoms with Gasteiger partial charge < -0.3 is 9.47 Å². The monoisotopic (exact) mass is 273 g/mol. The molecule has 1 atom stereocenters. The number of rotatable bonds is 3. The second kappa shape index (κ2) is 5.48. The average Bonchev–Trinajstić information content (AvgIpc) is 3.10. The number of carbonyl (C=O) groups excluding carboxylic acids is 1. The van der Waals surface area contributed by atoms with E-state index in [4.69, 9.17) is 0 Å². The Morgan fingerprint density at radius 1 is 1.55 bits per heavy atom. The molecule has 0 aliphatic carbocycles. The van der Waals surface area contributed by atoms with Gasteiger partial charge in [-0.1, -0.05) is 0 Å². The van der Waals surface area contributed by atoms with Gasteiger partial charge in [0.15, 0.2) is 0 Å². The topological polar surface area (TPSA) is 66.8 Å². The summed E-state index contributed by atoms with van der Waals surface area (Å²) in [5, 5.41) is 7.16. The lowest BCUT2D eigenvalue weighted by Gasteiger charge is -2.32. The van der Waals surface area contributed by atoms with E-state index in [1.54, 1.807) is 12.5 Å². The second-order valence-corrected chi connectivity index (χ2v) is 5.38. The first-order valence-corrected chi connectivity index (χ1v) is 6.97. The molecule has 0 spiro atoms. The number of amides is 1. The summed E-state index contributed by atoms with van der Waals surface area (Å²) in [5.41, 5.74) is 2.35. The third kappa shape index (κ3) is 2.59. The summed E-state index contributed by atoms with van der Waals surface area (Å²) < 4.78 is 1.81. The zero-order valence-electron chi connectivity index (χ0n) is 11.6. The molecule has 3 heterocycles. The predicted molar refractivity (Wildman–Crippen MR) is 74.1 cm³/mol. The molecule has 2 aromatic heterocycles. The smallest absolute Gasteiger partial charge is 0.242 e. The van der Waals surface area contributed by atoms with Gasteiger partial charge in [-0.15, -0.1) is 0 Å². The van der Waals surface area contributed by atoms with Crippen molar-refractivity contribution in [1.82, 2.24) is 24.6 Å². The van der Waals surface area contributed by atoms with Gasteiger partial charge in [0.2, 0.25) is 5.91 Å². The molecule has 0 aromatic carbocycles. The van der Waals surface area contributed by atoms with E-state index in [1.807, 2.05) is 21.9 Å². The number of imidazole rings is 1. The van der Waals surface area contributed by atoms with Crippen molar-refractivity contribution in [3.8, 4) is 0 Å². The minimum Gasteiger partial charge on any atom is -0.340 e. The molecule has 0 unspecified atom stereocenters. The summed E-state index contributed by atoms with van der Waals surface area (Å²) in [7, 11) is 0. The van der Waals surface area contributed by atoms with Gasteiger partial charge in [0.25, 0.3) is 0 Å². The first kappa shape index (κ1) is 12.9. The third-order valence-corrected chi connectivity index (χ3v) is 3.93. The van der Waals surface area contributed by atoms with Crippen molar-refractivity contribution < 1.29 is 4.79 Å². The lowest BCUT2D eigenvalue weighted by atomic mass is 9.93. The Labute approximate surface area is 117 Å². The van der Waals surface area contributed by atoms with Crippen LogP contribution in [-0.2, 0) is 11.3 Å². The maximum absolute atomic E-state index is 12.3. The van der Waals surface area contributed by atoms with Gasteiger partial charge in [-0.05, 0) is 25.3 Å². The minimum atomic E-state index is 0.157. The van der Waals surface area contributed by atoms with Crippen LogP contribution in [-0.4, -0.2) is 43.6 Å². The van der Waals surface area contributed by atoms with E-state index >= 15 is 0 Å². The third-order valence-electron chi connectivity index (χ3n) is 3.93. The molecule has 2 aromatic rings. The molecule has 6 nitrogen and oxygen atoms in total. The van der Waals surface area contributed by atoms with Gasteiger partial charge in [-0.3, -0.25) is 9.89 Å². The van der Waals surface area contributed by atoms with E-state index < -0.39 is 0 Å². The normalized spacial score (nSPS) is 19.2. The van der Waals surface area contributed by atoms with Gasteiger partial charge >= 0.3 is 0 Å². The Kier molecular flexibility index (Phi) is 3.54. The number of carbonyl (C=O) groups is 1. The van der Waals surface area contributed by atoms with Crippen LogP contribution in [0.15, 0.2) is 24.9 Å². The molecule has 6 heteroatoms. The van der Waals surface area contributed by atoms with Crippen molar-refractivity contribution in [3.05, 3.63) is 36.2 Å². The lowest BCUT2D eigenvalue weighted by Crippen LogP contribution is -2.40. The molecule has 1 saturated heterocycles. The van der Waals surface area contributed by atoms with Crippen LogP contribution in [0.3, 0.4) is 0 Å². The highest BCUT2D eigenvalue weighted by molar-refractivity contribution is 5.76. The Balaban J connectivity index is 1.66. The highest BCUT2D eigenvalue weighted by Gasteiger charge is 2.26. The molecule has 3 rings (SSSR count). The van der Waals surface area contributed by atoms with Crippen LogP contribution in [0.5, 0.6) is 0 Å². The Morgan fingerprint density at radius 2 is 2.45 bits per heavy atom. The van der Waals surface area contributed by atoms with Crippen LogP contribution in [0.2, 0.25) is 0 Å². The van der Waals surface area contributed by atoms with E-state index in [2.05, 4.69) is 22.1 Å². The highest BCUT2D eigenvalue weighted by atomic mass is 16.2. The SMILES string of the molecule is Cc1cn[nH]c1[C@@H]1CCCN(C(=O)Cn2ccnc2)C1. The van der Waals surface area contributed by atoms with Crippen LogP contribution >= 0.6 is 0 Å². The number of H-pyrrole nitrogens is 1. The Hall–Kier alpha value is -2.11. The second-order valence-electron chi connectivity index (χ2n) is 5.38. The number of aromatic nitrogens is 4. The van der Waals surface area contributed by atoms with Crippen LogP contribution in [0, 0.1) is 6.92 Å². The molecule has 1 aliphatic rings. The van der Waals surface area contributed by atoms with Crippen molar-refractivity contribution >= 4 is 5.91 Å². The number of nitrogens with zero attached hydrogens (tertiary/aromatic N) is 4. The molecule has 0 saturated carbocycles. The number of hydrogen-bond acceptors (Lipinski definition) is 3. The Morgan fingerprint density at radius 3 is 3.15 bits per heavy atom. The number of nitrogens with one attached hydrogen (secondary N) is 1. The molecule has 1 fully saturated rings. The molecule has 1 N–H and O–H groups in total. The van der Waals surface area contributed by atoms with E-state index in [9.17, 15) is 4.79 Å². The van der Waals surface area contributed by atoms with Gasteiger partial charge in [-0.25, -0.2) is 4.98 Å². The molecule has 20 heavy (non-hydrogen) atoms. The van der Waals surface area contributed by atoms with Gasteiger partial charge in [0.1, 0.15) is 6.54 Å². The largest absolute Gasteiger partial charge is 0.340 e. The standard InChI is InChI=1S/C14H19N5O/c1-11-7-16-17-14(11)12-3-2-5-19(8-12)13(20)9-18-6-4-15-10-18/h4,6-7,10,12H,2-3,5,8-9H2,1H3,(H,16,17)/t12-/m1/s1.